The molecule has 0 aliphatic heterocycles. The SMILES string of the molecule is C=CCC=CC/C=C\CCCCCCCc1cccc(OC)c1. The topological polar surface area (TPSA) is 9.23 Å². The highest BCUT2D eigenvalue weighted by molar-refractivity contribution is 5.28. The van der Waals surface area contributed by atoms with Gasteiger partial charge in [0.2, 0.25) is 0 Å². The summed E-state index contributed by atoms with van der Waals surface area (Å²) in [7, 11) is 1.73. The van der Waals surface area contributed by atoms with E-state index in [1.54, 1.807) is 7.11 Å². The molecule has 0 bridgehead atoms. The van der Waals surface area contributed by atoms with Gasteiger partial charge in [-0.05, 0) is 56.2 Å². The zero-order chi connectivity index (χ0) is 16.6. The van der Waals surface area contributed by atoms with Crippen LogP contribution in [0.3, 0.4) is 0 Å². The number of aryl methyl sites for hydroxylation is 1. The minimum Gasteiger partial charge on any atom is -0.497 e. The van der Waals surface area contributed by atoms with Crippen molar-refractivity contribution in [3.05, 3.63) is 66.8 Å². The highest BCUT2D eigenvalue weighted by Crippen LogP contribution is 2.15. The molecule has 1 aromatic rings. The van der Waals surface area contributed by atoms with Gasteiger partial charge in [-0.3, -0.25) is 0 Å². The van der Waals surface area contributed by atoms with E-state index in [4.69, 9.17) is 4.74 Å². The van der Waals surface area contributed by atoms with Crippen LogP contribution in [0.2, 0.25) is 0 Å². The maximum Gasteiger partial charge on any atom is 0.119 e. The highest BCUT2D eigenvalue weighted by Gasteiger charge is 1.96. The number of ether oxygens (including phenoxy) is 1. The van der Waals surface area contributed by atoms with Crippen LogP contribution in [-0.2, 0) is 6.42 Å². The Kier molecular flexibility index (Phi) is 11.6. The van der Waals surface area contributed by atoms with Crippen molar-refractivity contribution in [2.24, 2.45) is 0 Å². The standard InChI is InChI=1S/C22H32O/c1-3-4-5-6-7-8-9-10-11-12-13-14-15-17-21-18-16-19-22(20-21)23-2/h3,5-6,8-9,16,18-20H,1,4,7,10-15,17H2,2H3/b6-5?,9-8-. The third-order valence-electron chi connectivity index (χ3n) is 3.88. The molecule has 1 rings (SSSR count). The van der Waals surface area contributed by atoms with E-state index in [9.17, 15) is 0 Å². The third kappa shape index (κ3) is 10.6. The smallest absolute Gasteiger partial charge is 0.119 e. The van der Waals surface area contributed by atoms with Gasteiger partial charge in [-0.1, -0.05) is 61.8 Å². The van der Waals surface area contributed by atoms with E-state index in [1.165, 1.54) is 44.1 Å². The van der Waals surface area contributed by atoms with Crippen molar-refractivity contribution in [2.75, 3.05) is 7.11 Å². The number of rotatable bonds is 13. The zero-order valence-corrected chi connectivity index (χ0v) is 14.7. The summed E-state index contributed by atoms with van der Waals surface area (Å²) < 4.78 is 5.26. The lowest BCUT2D eigenvalue weighted by Gasteiger charge is -2.04. The summed E-state index contributed by atoms with van der Waals surface area (Å²) in [6.45, 7) is 3.70. The lowest BCUT2D eigenvalue weighted by atomic mass is 10.0. The van der Waals surface area contributed by atoms with Crippen LogP contribution in [0.5, 0.6) is 5.75 Å². The van der Waals surface area contributed by atoms with Crippen molar-refractivity contribution < 1.29 is 4.74 Å². The van der Waals surface area contributed by atoms with Crippen molar-refractivity contribution in [3.63, 3.8) is 0 Å². The summed E-state index contributed by atoms with van der Waals surface area (Å²) >= 11 is 0. The van der Waals surface area contributed by atoms with E-state index in [-0.39, 0.29) is 0 Å². The summed E-state index contributed by atoms with van der Waals surface area (Å²) in [4.78, 5) is 0. The number of hydrogen-bond acceptors (Lipinski definition) is 1. The average Bonchev–Trinajstić information content (AvgIpc) is 2.59. The van der Waals surface area contributed by atoms with Gasteiger partial charge >= 0.3 is 0 Å². The first kappa shape index (κ1) is 19.3. The molecule has 0 spiro atoms. The van der Waals surface area contributed by atoms with Crippen molar-refractivity contribution in [2.45, 2.75) is 57.8 Å². The molecular weight excluding hydrogens is 280 g/mol. The van der Waals surface area contributed by atoms with Crippen LogP contribution in [0.1, 0.15) is 56.9 Å². The first-order valence-electron chi connectivity index (χ1n) is 8.90. The molecule has 0 aromatic heterocycles. The van der Waals surface area contributed by atoms with Gasteiger partial charge in [0.1, 0.15) is 5.75 Å². The summed E-state index contributed by atoms with van der Waals surface area (Å²) in [5.74, 6) is 0.966. The quantitative estimate of drug-likeness (QED) is 0.292. The molecule has 0 N–H and O–H groups in total. The second-order valence-electron chi connectivity index (χ2n) is 5.86. The summed E-state index contributed by atoms with van der Waals surface area (Å²) in [6.07, 6.45) is 21.9. The average molecular weight is 312 g/mol. The van der Waals surface area contributed by atoms with Gasteiger partial charge in [0.25, 0.3) is 0 Å². The number of benzene rings is 1. The summed E-state index contributed by atoms with van der Waals surface area (Å²) in [5.41, 5.74) is 1.39. The molecule has 0 fully saturated rings. The van der Waals surface area contributed by atoms with Gasteiger partial charge in [-0.2, -0.15) is 0 Å². The van der Waals surface area contributed by atoms with Gasteiger partial charge in [0.15, 0.2) is 0 Å². The molecule has 0 aliphatic carbocycles. The Hall–Kier alpha value is -1.76. The Labute approximate surface area is 142 Å². The molecule has 0 atom stereocenters. The molecule has 0 amide bonds. The van der Waals surface area contributed by atoms with E-state index in [1.807, 2.05) is 12.1 Å². The summed E-state index contributed by atoms with van der Waals surface area (Å²) in [5, 5.41) is 0. The van der Waals surface area contributed by atoms with E-state index in [0.717, 1.165) is 25.0 Å². The monoisotopic (exact) mass is 312 g/mol. The predicted molar refractivity (Wildman–Crippen MR) is 102 cm³/mol. The fraction of sp³-hybridized carbons (Fsp3) is 0.455. The van der Waals surface area contributed by atoms with Crippen LogP contribution in [0.25, 0.3) is 0 Å². The van der Waals surface area contributed by atoms with Crippen LogP contribution < -0.4 is 4.74 Å². The molecule has 1 nitrogen and oxygen atoms in total. The number of hydrogen-bond donors (Lipinski definition) is 0. The maximum atomic E-state index is 5.26. The molecule has 1 aromatic carbocycles. The lowest BCUT2D eigenvalue weighted by molar-refractivity contribution is 0.414. The molecule has 0 saturated carbocycles. The van der Waals surface area contributed by atoms with E-state index < -0.39 is 0 Å². The van der Waals surface area contributed by atoms with E-state index >= 15 is 0 Å². The van der Waals surface area contributed by atoms with Crippen LogP contribution in [0.15, 0.2) is 61.2 Å². The Morgan fingerprint density at radius 1 is 0.913 bits per heavy atom. The normalized spacial score (nSPS) is 11.3. The van der Waals surface area contributed by atoms with Crippen LogP contribution in [0.4, 0.5) is 0 Å². The van der Waals surface area contributed by atoms with Crippen molar-refractivity contribution in [1.82, 2.24) is 0 Å². The molecule has 23 heavy (non-hydrogen) atoms. The Balaban J connectivity index is 1.95. The van der Waals surface area contributed by atoms with E-state index in [0.29, 0.717) is 0 Å². The van der Waals surface area contributed by atoms with Gasteiger partial charge in [-0.15, -0.1) is 6.58 Å². The first-order chi connectivity index (χ1) is 11.4. The van der Waals surface area contributed by atoms with Gasteiger partial charge in [-0.25, -0.2) is 0 Å². The zero-order valence-electron chi connectivity index (χ0n) is 14.7. The molecule has 0 radical (unpaired) electrons. The number of allylic oxidation sites excluding steroid dienone is 5. The minimum atomic E-state index is 0.966. The first-order valence-corrected chi connectivity index (χ1v) is 8.90. The minimum absolute atomic E-state index is 0.966. The second kappa shape index (κ2) is 13.9. The van der Waals surface area contributed by atoms with Crippen molar-refractivity contribution in [3.8, 4) is 5.75 Å². The molecule has 0 unspecified atom stereocenters. The molecule has 0 heterocycles. The predicted octanol–water partition coefficient (Wildman–Crippen LogP) is 6.66. The fourth-order valence-electron chi connectivity index (χ4n) is 2.53. The van der Waals surface area contributed by atoms with E-state index in [2.05, 4.69) is 49.1 Å². The van der Waals surface area contributed by atoms with Crippen molar-refractivity contribution in [1.29, 1.82) is 0 Å². The van der Waals surface area contributed by atoms with Gasteiger partial charge in [0, 0.05) is 0 Å². The molecular formula is C22H32O. The molecule has 126 valence electrons. The molecule has 1 heteroatoms. The van der Waals surface area contributed by atoms with Crippen LogP contribution >= 0.6 is 0 Å². The second-order valence-corrected chi connectivity index (χ2v) is 5.86. The number of methoxy groups -OCH3 is 1. The van der Waals surface area contributed by atoms with Crippen LogP contribution in [0, 0.1) is 0 Å². The highest BCUT2D eigenvalue weighted by atomic mass is 16.5. The Morgan fingerprint density at radius 2 is 1.65 bits per heavy atom. The lowest BCUT2D eigenvalue weighted by Crippen LogP contribution is -1.88. The van der Waals surface area contributed by atoms with Gasteiger partial charge in [0.05, 0.1) is 7.11 Å². The number of unbranched alkanes of at least 4 members (excludes halogenated alkanes) is 5. The molecule has 0 saturated heterocycles. The van der Waals surface area contributed by atoms with Crippen LogP contribution in [-0.4, -0.2) is 7.11 Å². The fourth-order valence-corrected chi connectivity index (χ4v) is 2.53. The maximum absolute atomic E-state index is 5.26. The van der Waals surface area contributed by atoms with Crippen molar-refractivity contribution >= 4 is 0 Å². The van der Waals surface area contributed by atoms with Gasteiger partial charge < -0.3 is 4.74 Å². The largest absolute Gasteiger partial charge is 0.497 e. The molecule has 0 aliphatic rings. The Bertz CT molecular complexity index is 471. The Morgan fingerprint density at radius 3 is 2.48 bits per heavy atom. The summed E-state index contributed by atoms with van der Waals surface area (Å²) in [6, 6.07) is 8.42. The third-order valence-corrected chi connectivity index (χ3v) is 3.88.